The van der Waals surface area contributed by atoms with E-state index in [0.29, 0.717) is 18.0 Å². The van der Waals surface area contributed by atoms with Gasteiger partial charge < -0.3 is 20.5 Å². The predicted octanol–water partition coefficient (Wildman–Crippen LogP) is 0.734. The minimum Gasteiger partial charge on any atom is -0.481 e. The molecule has 0 saturated carbocycles. The Morgan fingerprint density at radius 2 is 2.26 bits per heavy atom. The Balaban J connectivity index is 2.33. The number of nitrogens with two attached hydrogens (primary N) is 1. The average Bonchev–Trinajstić information content (AvgIpc) is 2.38. The second kappa shape index (κ2) is 5.27. The monoisotopic (exact) mass is 264 g/mol. The first-order valence-corrected chi connectivity index (χ1v) is 6.05. The number of carbonyl (C=O) groups is 2. The molecule has 3 N–H and O–H groups in total. The summed E-state index contributed by atoms with van der Waals surface area (Å²) in [7, 11) is 0. The van der Waals surface area contributed by atoms with Crippen LogP contribution < -0.4 is 15.4 Å². The number of carboxylic acid groups (broad SMARTS) is 1. The van der Waals surface area contributed by atoms with Crippen LogP contribution >= 0.6 is 0 Å². The fourth-order valence-corrected chi connectivity index (χ4v) is 2.02. The van der Waals surface area contributed by atoms with E-state index in [2.05, 4.69) is 0 Å². The van der Waals surface area contributed by atoms with E-state index in [0.717, 1.165) is 5.56 Å². The maximum Gasteiger partial charge on any atom is 0.305 e. The highest BCUT2D eigenvalue weighted by Crippen LogP contribution is 2.34. The summed E-state index contributed by atoms with van der Waals surface area (Å²) >= 11 is 0. The van der Waals surface area contributed by atoms with Gasteiger partial charge >= 0.3 is 5.97 Å². The first-order valence-electron chi connectivity index (χ1n) is 6.05. The molecule has 6 heteroatoms. The zero-order valence-corrected chi connectivity index (χ0v) is 10.6. The van der Waals surface area contributed by atoms with E-state index in [4.69, 9.17) is 15.6 Å². The number of hydrogen-bond acceptors (Lipinski definition) is 4. The molecule has 0 spiro atoms. The van der Waals surface area contributed by atoms with Gasteiger partial charge in [-0.3, -0.25) is 9.59 Å². The molecular weight excluding hydrogens is 248 g/mol. The van der Waals surface area contributed by atoms with Crippen LogP contribution in [0.3, 0.4) is 0 Å². The SMILES string of the molecule is CC1Oc2cc(CN)ccc2N(CCC(=O)O)C1=O. The Morgan fingerprint density at radius 3 is 2.89 bits per heavy atom. The van der Waals surface area contributed by atoms with Crippen LogP contribution in [-0.4, -0.2) is 29.6 Å². The Morgan fingerprint density at radius 1 is 1.53 bits per heavy atom. The lowest BCUT2D eigenvalue weighted by atomic mass is 10.1. The van der Waals surface area contributed by atoms with Crippen molar-refractivity contribution in [3.8, 4) is 5.75 Å². The van der Waals surface area contributed by atoms with Crippen LogP contribution in [0.15, 0.2) is 18.2 Å². The Labute approximate surface area is 110 Å². The van der Waals surface area contributed by atoms with Gasteiger partial charge in [0.15, 0.2) is 6.10 Å². The molecular formula is C13H16N2O4. The van der Waals surface area contributed by atoms with Gasteiger partial charge in [-0.15, -0.1) is 0 Å². The molecule has 19 heavy (non-hydrogen) atoms. The number of carbonyl (C=O) groups excluding carboxylic acids is 1. The summed E-state index contributed by atoms with van der Waals surface area (Å²) in [5.41, 5.74) is 7.06. The molecule has 0 aliphatic carbocycles. The third kappa shape index (κ3) is 2.68. The molecule has 1 aromatic rings. The molecule has 0 aromatic heterocycles. The number of rotatable bonds is 4. The van der Waals surface area contributed by atoms with Gasteiger partial charge in [-0.05, 0) is 24.6 Å². The van der Waals surface area contributed by atoms with E-state index in [1.165, 1.54) is 4.90 Å². The smallest absolute Gasteiger partial charge is 0.305 e. The third-order valence-electron chi connectivity index (χ3n) is 3.02. The lowest BCUT2D eigenvalue weighted by molar-refractivity contribution is -0.136. The minimum atomic E-state index is -0.938. The maximum atomic E-state index is 12.0. The van der Waals surface area contributed by atoms with Crippen molar-refractivity contribution in [2.75, 3.05) is 11.4 Å². The molecule has 1 aromatic carbocycles. The third-order valence-corrected chi connectivity index (χ3v) is 3.02. The van der Waals surface area contributed by atoms with Crippen molar-refractivity contribution in [1.82, 2.24) is 0 Å². The summed E-state index contributed by atoms with van der Waals surface area (Å²) in [6, 6.07) is 5.33. The molecule has 6 nitrogen and oxygen atoms in total. The molecule has 0 radical (unpaired) electrons. The van der Waals surface area contributed by atoms with E-state index >= 15 is 0 Å². The van der Waals surface area contributed by atoms with Crippen LogP contribution in [-0.2, 0) is 16.1 Å². The van der Waals surface area contributed by atoms with Crippen molar-refractivity contribution in [3.63, 3.8) is 0 Å². The second-order valence-corrected chi connectivity index (χ2v) is 4.40. The van der Waals surface area contributed by atoms with Gasteiger partial charge in [0.2, 0.25) is 0 Å². The quantitative estimate of drug-likeness (QED) is 0.836. The number of hydrogen-bond donors (Lipinski definition) is 2. The zero-order valence-electron chi connectivity index (χ0n) is 10.6. The van der Waals surface area contributed by atoms with Crippen molar-refractivity contribution >= 4 is 17.6 Å². The van der Waals surface area contributed by atoms with Crippen LogP contribution in [0.5, 0.6) is 5.75 Å². The summed E-state index contributed by atoms with van der Waals surface area (Å²) in [5.74, 6) is -0.596. The number of nitrogens with zero attached hydrogens (tertiary/aromatic N) is 1. The molecule has 1 aliphatic rings. The molecule has 2 rings (SSSR count). The summed E-state index contributed by atoms with van der Waals surface area (Å²) in [4.78, 5) is 24.2. The van der Waals surface area contributed by atoms with Gasteiger partial charge in [-0.1, -0.05) is 6.07 Å². The molecule has 0 saturated heterocycles. The molecule has 1 atom stereocenters. The van der Waals surface area contributed by atoms with Gasteiger partial charge in [0, 0.05) is 13.1 Å². The van der Waals surface area contributed by atoms with E-state index < -0.39 is 12.1 Å². The normalized spacial score (nSPS) is 17.9. The highest BCUT2D eigenvalue weighted by molar-refractivity contribution is 6.00. The largest absolute Gasteiger partial charge is 0.481 e. The van der Waals surface area contributed by atoms with Gasteiger partial charge in [-0.2, -0.15) is 0 Å². The van der Waals surface area contributed by atoms with E-state index in [1.807, 2.05) is 0 Å². The van der Waals surface area contributed by atoms with Gasteiger partial charge in [0.25, 0.3) is 5.91 Å². The summed E-state index contributed by atoms with van der Waals surface area (Å²) < 4.78 is 5.53. The maximum absolute atomic E-state index is 12.0. The van der Waals surface area contributed by atoms with Gasteiger partial charge in [-0.25, -0.2) is 0 Å². The predicted molar refractivity (Wildman–Crippen MR) is 69.0 cm³/mol. The fraction of sp³-hybridized carbons (Fsp3) is 0.385. The standard InChI is InChI=1S/C13H16N2O4/c1-8-13(18)15(5-4-12(16)17)10-3-2-9(7-14)6-11(10)19-8/h2-3,6,8H,4-5,7,14H2,1H3,(H,16,17). The highest BCUT2D eigenvalue weighted by atomic mass is 16.5. The topological polar surface area (TPSA) is 92.9 Å². The molecule has 1 aliphatic heterocycles. The van der Waals surface area contributed by atoms with E-state index in [1.54, 1.807) is 25.1 Å². The van der Waals surface area contributed by atoms with Gasteiger partial charge in [0.1, 0.15) is 5.75 Å². The van der Waals surface area contributed by atoms with Crippen molar-refractivity contribution in [1.29, 1.82) is 0 Å². The molecule has 1 unspecified atom stereocenters. The number of carboxylic acids is 1. The number of benzene rings is 1. The Hall–Kier alpha value is -2.08. The Kier molecular flexibility index (Phi) is 3.71. The summed E-state index contributed by atoms with van der Waals surface area (Å²) in [6.45, 7) is 2.17. The van der Waals surface area contributed by atoms with Crippen LogP contribution in [0.1, 0.15) is 18.9 Å². The van der Waals surface area contributed by atoms with Crippen LogP contribution in [0.25, 0.3) is 0 Å². The van der Waals surface area contributed by atoms with Crippen molar-refractivity contribution < 1.29 is 19.4 Å². The number of aliphatic carboxylic acids is 1. The first kappa shape index (κ1) is 13.4. The van der Waals surface area contributed by atoms with Crippen LogP contribution in [0.4, 0.5) is 5.69 Å². The number of ether oxygens (including phenoxy) is 1. The molecule has 1 amide bonds. The van der Waals surface area contributed by atoms with E-state index in [-0.39, 0.29) is 18.9 Å². The molecule has 0 fully saturated rings. The lowest BCUT2D eigenvalue weighted by Crippen LogP contribution is -2.45. The number of amides is 1. The lowest BCUT2D eigenvalue weighted by Gasteiger charge is -2.33. The van der Waals surface area contributed by atoms with Crippen molar-refractivity contribution in [2.45, 2.75) is 26.0 Å². The van der Waals surface area contributed by atoms with Gasteiger partial charge in [0.05, 0.1) is 12.1 Å². The van der Waals surface area contributed by atoms with Crippen LogP contribution in [0.2, 0.25) is 0 Å². The summed E-state index contributed by atoms with van der Waals surface area (Å²) in [5, 5.41) is 8.74. The van der Waals surface area contributed by atoms with Crippen molar-refractivity contribution in [3.05, 3.63) is 23.8 Å². The molecule has 0 bridgehead atoms. The average molecular weight is 264 g/mol. The van der Waals surface area contributed by atoms with Crippen LogP contribution in [0, 0.1) is 0 Å². The fourth-order valence-electron chi connectivity index (χ4n) is 2.02. The summed E-state index contributed by atoms with van der Waals surface area (Å²) in [6.07, 6.45) is -0.717. The molecule has 1 heterocycles. The number of fused-ring (bicyclic) bond motifs is 1. The first-order chi connectivity index (χ1) is 9.02. The zero-order chi connectivity index (χ0) is 14.0. The van der Waals surface area contributed by atoms with Crippen molar-refractivity contribution in [2.24, 2.45) is 5.73 Å². The second-order valence-electron chi connectivity index (χ2n) is 4.40. The number of anilines is 1. The molecule has 102 valence electrons. The Bertz CT molecular complexity index is 515. The highest BCUT2D eigenvalue weighted by Gasteiger charge is 2.31. The minimum absolute atomic E-state index is 0.101. The van der Waals surface area contributed by atoms with E-state index in [9.17, 15) is 9.59 Å².